The molecule has 0 saturated carbocycles. The number of nitrogens with zero attached hydrogens (tertiary/aromatic N) is 2. The fourth-order valence-electron chi connectivity index (χ4n) is 4.27. The van der Waals surface area contributed by atoms with Crippen molar-refractivity contribution in [2.24, 2.45) is 0 Å². The monoisotopic (exact) mass is 383 g/mol. The molecule has 0 spiro atoms. The third kappa shape index (κ3) is 3.70. The van der Waals surface area contributed by atoms with Crippen LogP contribution >= 0.6 is 0 Å². The van der Waals surface area contributed by atoms with Crippen molar-refractivity contribution in [1.29, 1.82) is 0 Å². The number of anilines is 3. The van der Waals surface area contributed by atoms with E-state index in [9.17, 15) is 4.79 Å². The molecule has 4 nitrogen and oxygen atoms in total. The topological polar surface area (TPSA) is 35.6 Å². The van der Waals surface area contributed by atoms with Crippen LogP contribution in [-0.4, -0.2) is 19.0 Å². The highest BCUT2D eigenvalue weighted by Crippen LogP contribution is 2.28. The molecule has 0 radical (unpaired) electrons. The van der Waals surface area contributed by atoms with Crippen LogP contribution in [0.15, 0.2) is 72.8 Å². The Kier molecular flexibility index (Phi) is 4.68. The van der Waals surface area contributed by atoms with Gasteiger partial charge in [0.2, 0.25) is 0 Å². The Bertz CT molecular complexity index is 980. The summed E-state index contributed by atoms with van der Waals surface area (Å²) < 4.78 is 0. The van der Waals surface area contributed by atoms with Gasteiger partial charge in [-0.25, -0.2) is 0 Å². The van der Waals surface area contributed by atoms with Crippen molar-refractivity contribution >= 4 is 23.0 Å². The van der Waals surface area contributed by atoms with E-state index in [2.05, 4.69) is 51.5 Å². The van der Waals surface area contributed by atoms with Crippen LogP contribution < -0.4 is 15.1 Å². The zero-order chi connectivity index (χ0) is 19.6. The summed E-state index contributed by atoms with van der Waals surface area (Å²) in [6.07, 6.45) is 2.52. The lowest BCUT2D eigenvalue weighted by Crippen LogP contribution is -2.17. The summed E-state index contributed by atoms with van der Waals surface area (Å²) in [5, 5.41) is 3.01. The molecular weight excluding hydrogens is 358 g/mol. The Morgan fingerprint density at radius 2 is 1.24 bits per heavy atom. The van der Waals surface area contributed by atoms with Crippen LogP contribution in [0.5, 0.6) is 0 Å². The maximum atomic E-state index is 12.6. The molecule has 146 valence electrons. The van der Waals surface area contributed by atoms with Crippen LogP contribution in [0.2, 0.25) is 0 Å². The summed E-state index contributed by atoms with van der Waals surface area (Å²) in [4.78, 5) is 17.4. The summed E-state index contributed by atoms with van der Waals surface area (Å²) in [6.45, 7) is 4.09. The van der Waals surface area contributed by atoms with E-state index >= 15 is 0 Å². The fraction of sp³-hybridized carbons (Fsp3) is 0.240. The average Bonchev–Trinajstić information content (AvgIpc) is 3.44. The minimum Gasteiger partial charge on any atom is -0.372 e. The normalized spacial score (nSPS) is 15.4. The van der Waals surface area contributed by atoms with Crippen molar-refractivity contribution in [3.8, 4) is 0 Å². The third-order valence-corrected chi connectivity index (χ3v) is 5.93. The molecule has 1 N–H and O–H groups in total. The van der Waals surface area contributed by atoms with E-state index in [0.29, 0.717) is 5.56 Å². The van der Waals surface area contributed by atoms with Gasteiger partial charge in [-0.05, 0) is 72.5 Å². The first-order valence-electron chi connectivity index (χ1n) is 10.3. The molecule has 1 fully saturated rings. The Balaban J connectivity index is 1.23. The highest BCUT2D eigenvalue weighted by molar-refractivity contribution is 6.04. The molecular formula is C25H25N3O. The molecule has 0 aliphatic carbocycles. The van der Waals surface area contributed by atoms with Gasteiger partial charge in [0.1, 0.15) is 0 Å². The van der Waals surface area contributed by atoms with Crippen molar-refractivity contribution in [2.75, 3.05) is 28.2 Å². The second-order valence-electron chi connectivity index (χ2n) is 7.87. The molecule has 1 amide bonds. The molecule has 5 rings (SSSR count). The van der Waals surface area contributed by atoms with Gasteiger partial charge < -0.3 is 15.1 Å². The predicted octanol–water partition coefficient (Wildman–Crippen LogP) is 5.06. The van der Waals surface area contributed by atoms with E-state index in [4.69, 9.17) is 0 Å². The largest absolute Gasteiger partial charge is 0.372 e. The van der Waals surface area contributed by atoms with Crippen LogP contribution in [0.3, 0.4) is 0 Å². The van der Waals surface area contributed by atoms with Gasteiger partial charge in [0, 0.05) is 48.8 Å². The minimum absolute atomic E-state index is 0.0739. The first-order chi connectivity index (χ1) is 14.3. The van der Waals surface area contributed by atoms with Gasteiger partial charge >= 0.3 is 0 Å². The van der Waals surface area contributed by atoms with Crippen molar-refractivity contribution < 1.29 is 4.79 Å². The maximum absolute atomic E-state index is 12.6. The van der Waals surface area contributed by atoms with Crippen molar-refractivity contribution in [1.82, 2.24) is 0 Å². The lowest BCUT2D eigenvalue weighted by atomic mass is 10.1. The number of carbonyl (C=O) groups is 1. The van der Waals surface area contributed by atoms with Gasteiger partial charge in [0.15, 0.2) is 0 Å². The summed E-state index contributed by atoms with van der Waals surface area (Å²) in [7, 11) is 0. The fourth-order valence-corrected chi connectivity index (χ4v) is 4.27. The van der Waals surface area contributed by atoms with Crippen LogP contribution in [0.1, 0.15) is 34.3 Å². The summed E-state index contributed by atoms with van der Waals surface area (Å²) in [6, 6.07) is 24.6. The SMILES string of the molecule is O=C(Nc1ccc(N2CCCC2)cc1)c1ccc(N2Cc3ccccc3C2)cc1. The molecule has 0 bridgehead atoms. The van der Waals surface area contributed by atoms with Crippen LogP contribution in [-0.2, 0) is 13.1 Å². The lowest BCUT2D eigenvalue weighted by Gasteiger charge is -2.18. The first-order valence-corrected chi connectivity index (χ1v) is 10.3. The standard InChI is InChI=1S/C25H25N3O/c29-25(26-22-9-13-23(14-10-22)27-15-3-4-16-27)19-7-11-24(12-8-19)28-17-20-5-1-2-6-21(20)18-28/h1-2,5-14H,3-4,15-18H2,(H,26,29). The van der Waals surface area contributed by atoms with E-state index in [1.807, 2.05) is 36.4 Å². The summed E-state index contributed by atoms with van der Waals surface area (Å²) in [5.74, 6) is -0.0739. The Hall–Kier alpha value is -3.27. The van der Waals surface area contributed by atoms with Gasteiger partial charge in [-0.1, -0.05) is 24.3 Å². The number of benzene rings is 3. The smallest absolute Gasteiger partial charge is 0.255 e. The van der Waals surface area contributed by atoms with Gasteiger partial charge in [0.25, 0.3) is 5.91 Å². The molecule has 0 atom stereocenters. The second-order valence-corrected chi connectivity index (χ2v) is 7.87. The van der Waals surface area contributed by atoms with Gasteiger partial charge in [-0.2, -0.15) is 0 Å². The Labute approximate surface area is 171 Å². The average molecular weight is 383 g/mol. The lowest BCUT2D eigenvalue weighted by molar-refractivity contribution is 0.102. The molecule has 3 aromatic carbocycles. The molecule has 1 saturated heterocycles. The summed E-state index contributed by atoms with van der Waals surface area (Å²) in [5.41, 5.74) is 6.65. The van der Waals surface area contributed by atoms with E-state index in [1.54, 1.807) is 0 Å². The van der Waals surface area contributed by atoms with Gasteiger partial charge in [-0.3, -0.25) is 4.79 Å². The van der Waals surface area contributed by atoms with Crippen LogP contribution in [0.4, 0.5) is 17.1 Å². The number of nitrogens with one attached hydrogen (secondary N) is 1. The molecule has 0 aromatic heterocycles. The van der Waals surface area contributed by atoms with Gasteiger partial charge in [0.05, 0.1) is 0 Å². The zero-order valence-corrected chi connectivity index (χ0v) is 16.5. The minimum atomic E-state index is -0.0739. The molecule has 4 heteroatoms. The number of amides is 1. The van der Waals surface area contributed by atoms with E-state index in [0.717, 1.165) is 37.6 Å². The van der Waals surface area contributed by atoms with E-state index < -0.39 is 0 Å². The number of hydrogen-bond donors (Lipinski definition) is 1. The number of rotatable bonds is 4. The predicted molar refractivity (Wildman–Crippen MR) is 119 cm³/mol. The molecule has 2 heterocycles. The van der Waals surface area contributed by atoms with Crippen molar-refractivity contribution in [3.05, 3.63) is 89.5 Å². The third-order valence-electron chi connectivity index (χ3n) is 5.93. The van der Waals surface area contributed by atoms with E-state index in [-0.39, 0.29) is 5.91 Å². The van der Waals surface area contributed by atoms with Crippen LogP contribution in [0.25, 0.3) is 0 Å². The Morgan fingerprint density at radius 1 is 0.690 bits per heavy atom. The highest BCUT2D eigenvalue weighted by atomic mass is 16.1. The quantitative estimate of drug-likeness (QED) is 0.684. The van der Waals surface area contributed by atoms with E-state index in [1.165, 1.54) is 29.7 Å². The Morgan fingerprint density at radius 3 is 1.86 bits per heavy atom. The molecule has 29 heavy (non-hydrogen) atoms. The first kappa shape index (κ1) is 17.8. The molecule has 3 aromatic rings. The highest BCUT2D eigenvalue weighted by Gasteiger charge is 2.19. The number of hydrogen-bond acceptors (Lipinski definition) is 3. The zero-order valence-electron chi connectivity index (χ0n) is 16.5. The molecule has 0 unspecified atom stereocenters. The number of carbonyl (C=O) groups excluding carboxylic acids is 1. The maximum Gasteiger partial charge on any atom is 0.255 e. The number of fused-ring (bicyclic) bond motifs is 1. The molecule has 2 aliphatic heterocycles. The van der Waals surface area contributed by atoms with Gasteiger partial charge in [-0.15, -0.1) is 0 Å². The molecule has 2 aliphatic rings. The summed E-state index contributed by atoms with van der Waals surface area (Å²) >= 11 is 0. The van der Waals surface area contributed by atoms with Crippen molar-refractivity contribution in [2.45, 2.75) is 25.9 Å². The van der Waals surface area contributed by atoms with Crippen LogP contribution in [0, 0.1) is 0 Å². The van der Waals surface area contributed by atoms with Crippen molar-refractivity contribution in [3.63, 3.8) is 0 Å². The second kappa shape index (κ2) is 7.63.